The first-order valence-electron chi connectivity index (χ1n) is 9.61. The first-order valence-corrected chi connectivity index (χ1v) is 9.61. The summed E-state index contributed by atoms with van der Waals surface area (Å²) in [6, 6.07) is 14.9. The number of hydrogen-bond acceptors (Lipinski definition) is 4. The standard InChI is InChI=1S/C22H31N3O3/c1-5-6-14-28-21-13-12-18(27-4)15-19(21)23-22(26)24-20(16-25(2)3)17-10-8-7-9-11-17/h7-13,15,20H,5-6,14,16H2,1-4H3,(H2,23,24,26). The van der Waals surface area contributed by atoms with E-state index in [9.17, 15) is 4.79 Å². The molecule has 0 aromatic heterocycles. The lowest BCUT2D eigenvalue weighted by atomic mass is 10.1. The van der Waals surface area contributed by atoms with Gasteiger partial charge in [0.25, 0.3) is 0 Å². The molecule has 0 aliphatic heterocycles. The summed E-state index contributed by atoms with van der Waals surface area (Å²) in [7, 11) is 5.56. The van der Waals surface area contributed by atoms with Crippen molar-refractivity contribution in [3.05, 3.63) is 54.1 Å². The van der Waals surface area contributed by atoms with Gasteiger partial charge < -0.3 is 25.0 Å². The molecule has 1 atom stereocenters. The zero-order chi connectivity index (χ0) is 20.4. The summed E-state index contributed by atoms with van der Waals surface area (Å²) in [5.41, 5.74) is 1.64. The number of rotatable bonds is 10. The van der Waals surface area contributed by atoms with E-state index in [4.69, 9.17) is 9.47 Å². The minimum atomic E-state index is -0.288. The van der Waals surface area contributed by atoms with Crippen molar-refractivity contribution in [1.82, 2.24) is 10.2 Å². The van der Waals surface area contributed by atoms with E-state index in [1.165, 1.54) is 0 Å². The second kappa shape index (κ2) is 11.2. The van der Waals surface area contributed by atoms with Crippen LogP contribution < -0.4 is 20.1 Å². The Morgan fingerprint density at radius 2 is 1.89 bits per heavy atom. The number of nitrogens with one attached hydrogen (secondary N) is 2. The number of carbonyl (C=O) groups excluding carboxylic acids is 1. The SMILES string of the molecule is CCCCOc1ccc(OC)cc1NC(=O)NC(CN(C)C)c1ccccc1. The van der Waals surface area contributed by atoms with Crippen LogP contribution >= 0.6 is 0 Å². The van der Waals surface area contributed by atoms with Crippen molar-refractivity contribution in [1.29, 1.82) is 0 Å². The van der Waals surface area contributed by atoms with Crippen molar-refractivity contribution >= 4 is 11.7 Å². The lowest BCUT2D eigenvalue weighted by Gasteiger charge is -2.23. The number of amides is 2. The third-order valence-corrected chi connectivity index (χ3v) is 4.25. The van der Waals surface area contributed by atoms with Gasteiger partial charge in [-0.3, -0.25) is 0 Å². The molecule has 0 spiro atoms. The van der Waals surface area contributed by atoms with E-state index in [1.54, 1.807) is 13.2 Å². The summed E-state index contributed by atoms with van der Waals surface area (Å²) in [4.78, 5) is 14.8. The zero-order valence-electron chi connectivity index (χ0n) is 17.2. The normalized spacial score (nSPS) is 11.8. The molecule has 0 radical (unpaired) electrons. The highest BCUT2D eigenvalue weighted by molar-refractivity contribution is 5.91. The molecule has 152 valence electrons. The van der Waals surface area contributed by atoms with E-state index in [1.807, 2.05) is 61.5 Å². The van der Waals surface area contributed by atoms with Gasteiger partial charge in [0, 0.05) is 12.6 Å². The van der Waals surface area contributed by atoms with Crippen LogP contribution in [0.25, 0.3) is 0 Å². The molecule has 0 bridgehead atoms. The molecule has 2 aromatic rings. The largest absolute Gasteiger partial charge is 0.497 e. The van der Waals surface area contributed by atoms with Crippen LogP contribution in [0.3, 0.4) is 0 Å². The van der Waals surface area contributed by atoms with Crippen LogP contribution in [0.4, 0.5) is 10.5 Å². The number of ether oxygens (including phenoxy) is 2. The predicted octanol–water partition coefficient (Wildman–Crippen LogP) is 4.30. The summed E-state index contributed by atoms with van der Waals surface area (Å²) >= 11 is 0. The van der Waals surface area contributed by atoms with Crippen LogP contribution in [0.1, 0.15) is 31.4 Å². The molecule has 2 amide bonds. The van der Waals surface area contributed by atoms with E-state index in [-0.39, 0.29) is 12.1 Å². The number of benzene rings is 2. The maximum absolute atomic E-state index is 12.7. The molecule has 0 heterocycles. The predicted molar refractivity (Wildman–Crippen MR) is 113 cm³/mol. The fraction of sp³-hybridized carbons (Fsp3) is 0.409. The maximum atomic E-state index is 12.7. The van der Waals surface area contributed by atoms with Crippen molar-refractivity contribution in [2.24, 2.45) is 0 Å². The van der Waals surface area contributed by atoms with Gasteiger partial charge in [-0.25, -0.2) is 4.79 Å². The van der Waals surface area contributed by atoms with Crippen molar-refractivity contribution in [2.45, 2.75) is 25.8 Å². The smallest absolute Gasteiger partial charge is 0.319 e. The average Bonchev–Trinajstić information content (AvgIpc) is 2.69. The zero-order valence-corrected chi connectivity index (χ0v) is 17.2. The van der Waals surface area contributed by atoms with Gasteiger partial charge in [-0.2, -0.15) is 0 Å². The van der Waals surface area contributed by atoms with Crippen LogP contribution in [-0.4, -0.2) is 45.3 Å². The number of nitrogens with zero attached hydrogens (tertiary/aromatic N) is 1. The Balaban J connectivity index is 2.12. The highest BCUT2D eigenvalue weighted by Gasteiger charge is 2.17. The van der Waals surface area contributed by atoms with Gasteiger partial charge in [-0.05, 0) is 38.2 Å². The summed E-state index contributed by atoms with van der Waals surface area (Å²) in [6.07, 6.45) is 2.00. The van der Waals surface area contributed by atoms with Crippen molar-refractivity contribution in [2.75, 3.05) is 39.7 Å². The molecule has 6 nitrogen and oxygen atoms in total. The second-order valence-corrected chi connectivity index (χ2v) is 6.89. The topological polar surface area (TPSA) is 62.8 Å². The van der Waals surface area contributed by atoms with E-state index < -0.39 is 0 Å². The molecule has 0 saturated carbocycles. The maximum Gasteiger partial charge on any atom is 0.319 e. The van der Waals surface area contributed by atoms with Gasteiger partial charge in [0.2, 0.25) is 0 Å². The minimum Gasteiger partial charge on any atom is -0.497 e. The number of unbranched alkanes of at least 4 members (excludes halogenated alkanes) is 1. The summed E-state index contributed by atoms with van der Waals surface area (Å²) in [5, 5.41) is 5.97. The molecule has 6 heteroatoms. The molecule has 1 unspecified atom stereocenters. The first kappa shape index (κ1) is 21.6. The number of methoxy groups -OCH3 is 1. The molecule has 2 rings (SSSR count). The van der Waals surface area contributed by atoms with Gasteiger partial charge in [0.15, 0.2) is 0 Å². The fourth-order valence-corrected chi connectivity index (χ4v) is 2.79. The van der Waals surface area contributed by atoms with E-state index in [0.29, 0.717) is 30.3 Å². The molecule has 0 aliphatic carbocycles. The molecular weight excluding hydrogens is 354 g/mol. The summed E-state index contributed by atoms with van der Waals surface area (Å²) in [6.45, 7) is 3.40. The average molecular weight is 386 g/mol. The van der Waals surface area contributed by atoms with Crippen LogP contribution in [0, 0.1) is 0 Å². The van der Waals surface area contributed by atoms with E-state index in [2.05, 4.69) is 17.6 Å². The Bertz CT molecular complexity index is 735. The Morgan fingerprint density at radius 3 is 2.54 bits per heavy atom. The number of anilines is 1. The quantitative estimate of drug-likeness (QED) is 0.599. The Morgan fingerprint density at radius 1 is 1.14 bits per heavy atom. The van der Waals surface area contributed by atoms with Gasteiger partial charge in [-0.15, -0.1) is 0 Å². The summed E-state index contributed by atoms with van der Waals surface area (Å²) in [5.74, 6) is 1.29. The lowest BCUT2D eigenvalue weighted by Crippen LogP contribution is -2.37. The highest BCUT2D eigenvalue weighted by atomic mass is 16.5. The van der Waals surface area contributed by atoms with Gasteiger partial charge in [-0.1, -0.05) is 43.7 Å². The van der Waals surface area contributed by atoms with Crippen LogP contribution in [0.15, 0.2) is 48.5 Å². The monoisotopic (exact) mass is 385 g/mol. The molecule has 2 aromatic carbocycles. The van der Waals surface area contributed by atoms with Crippen molar-refractivity contribution in [3.63, 3.8) is 0 Å². The van der Waals surface area contributed by atoms with Gasteiger partial charge >= 0.3 is 6.03 Å². The summed E-state index contributed by atoms with van der Waals surface area (Å²) < 4.78 is 11.1. The molecule has 0 fully saturated rings. The first-order chi connectivity index (χ1) is 13.5. The highest BCUT2D eigenvalue weighted by Crippen LogP contribution is 2.29. The molecule has 28 heavy (non-hydrogen) atoms. The third-order valence-electron chi connectivity index (χ3n) is 4.25. The number of urea groups is 1. The van der Waals surface area contributed by atoms with Crippen molar-refractivity contribution < 1.29 is 14.3 Å². The minimum absolute atomic E-state index is 0.133. The number of likely N-dealkylation sites (N-methyl/N-ethyl adjacent to an activating group) is 1. The fourth-order valence-electron chi connectivity index (χ4n) is 2.79. The Hall–Kier alpha value is -2.73. The van der Waals surface area contributed by atoms with E-state index >= 15 is 0 Å². The van der Waals surface area contributed by atoms with Gasteiger partial charge in [0.1, 0.15) is 11.5 Å². The molecule has 0 aliphatic rings. The van der Waals surface area contributed by atoms with Crippen molar-refractivity contribution in [3.8, 4) is 11.5 Å². The van der Waals surface area contributed by atoms with Gasteiger partial charge in [0.05, 0.1) is 25.4 Å². The second-order valence-electron chi connectivity index (χ2n) is 6.89. The lowest BCUT2D eigenvalue weighted by molar-refractivity contribution is 0.244. The Kier molecular flexibility index (Phi) is 8.62. The molecule has 0 saturated heterocycles. The number of carbonyl (C=O) groups is 1. The van der Waals surface area contributed by atoms with E-state index in [0.717, 1.165) is 18.4 Å². The Labute approximate surface area is 167 Å². The van der Waals surface area contributed by atoms with Crippen LogP contribution in [-0.2, 0) is 0 Å². The number of hydrogen-bond donors (Lipinski definition) is 2. The molecule has 2 N–H and O–H groups in total. The molecular formula is C22H31N3O3. The van der Waals surface area contributed by atoms with Crippen LogP contribution in [0.2, 0.25) is 0 Å². The third kappa shape index (κ3) is 6.78. The van der Waals surface area contributed by atoms with Crippen LogP contribution in [0.5, 0.6) is 11.5 Å².